The molecular weight excluding hydrogens is 548 g/mol. The van der Waals surface area contributed by atoms with Gasteiger partial charge in [0.1, 0.15) is 12.1 Å². The molecule has 0 aliphatic carbocycles. The monoisotopic (exact) mass is 576 g/mol. The van der Waals surface area contributed by atoms with E-state index in [0.29, 0.717) is 22.1 Å². The Morgan fingerprint density at radius 2 is 1.68 bits per heavy atom. The highest BCUT2D eigenvalue weighted by atomic mass is 79.9. The molecule has 1 aromatic heterocycles. The van der Waals surface area contributed by atoms with Crippen molar-refractivity contribution < 1.29 is 18.7 Å². The summed E-state index contributed by atoms with van der Waals surface area (Å²) in [7, 11) is 1.55. The molecule has 0 spiro atoms. The van der Waals surface area contributed by atoms with Crippen LogP contribution in [0.2, 0.25) is 0 Å². The Morgan fingerprint density at radius 3 is 2.39 bits per heavy atom. The molecule has 0 saturated carbocycles. The molecule has 0 aliphatic heterocycles. The lowest BCUT2D eigenvalue weighted by molar-refractivity contribution is -0.133. The topological polar surface area (TPSA) is 80.1 Å². The summed E-state index contributed by atoms with van der Waals surface area (Å²) in [4.78, 5) is 43.3. The minimum Gasteiger partial charge on any atom is -0.464 e. The van der Waals surface area contributed by atoms with E-state index < -0.39 is 0 Å². The number of aryl methyl sites for hydroxylation is 1. The molecule has 0 N–H and O–H groups in total. The van der Waals surface area contributed by atoms with Gasteiger partial charge in [0.05, 0.1) is 30.4 Å². The van der Waals surface area contributed by atoms with Crippen molar-refractivity contribution in [3.8, 4) is 0 Å². The van der Waals surface area contributed by atoms with Crippen molar-refractivity contribution in [2.45, 2.75) is 20.0 Å². The van der Waals surface area contributed by atoms with Gasteiger partial charge in [-0.2, -0.15) is 0 Å². The molecule has 0 saturated heterocycles. The number of benzene rings is 3. The minimum atomic E-state index is -0.292. The smallest absolute Gasteiger partial charge is 0.254 e. The van der Waals surface area contributed by atoms with Crippen LogP contribution in [0.5, 0.6) is 0 Å². The van der Waals surface area contributed by atoms with E-state index >= 15 is 0 Å². The maximum Gasteiger partial charge on any atom is 0.254 e. The fraction of sp³-hybridized carbons (Fsp3) is 0.233. The van der Waals surface area contributed by atoms with E-state index in [4.69, 9.17) is 9.15 Å². The van der Waals surface area contributed by atoms with E-state index in [1.54, 1.807) is 48.4 Å². The highest BCUT2D eigenvalue weighted by Gasteiger charge is 2.24. The Hall–Kier alpha value is -3.75. The second-order valence-corrected chi connectivity index (χ2v) is 9.97. The summed E-state index contributed by atoms with van der Waals surface area (Å²) in [6.45, 7) is 2.59. The van der Waals surface area contributed by atoms with Gasteiger partial charge in [0.15, 0.2) is 5.43 Å². The quantitative estimate of drug-likeness (QED) is 0.260. The van der Waals surface area contributed by atoms with Crippen LogP contribution in [0.1, 0.15) is 27.0 Å². The first kappa shape index (κ1) is 27.3. The number of rotatable bonds is 10. The van der Waals surface area contributed by atoms with Gasteiger partial charge in [-0.05, 0) is 48.9 Å². The van der Waals surface area contributed by atoms with Crippen molar-refractivity contribution >= 4 is 38.7 Å². The summed E-state index contributed by atoms with van der Waals surface area (Å²) in [5.41, 5.74) is 3.01. The largest absolute Gasteiger partial charge is 0.464 e. The number of halogens is 1. The second-order valence-electron chi connectivity index (χ2n) is 9.05. The third-order valence-electron chi connectivity index (χ3n) is 6.20. The Bertz CT molecular complexity index is 1470. The van der Waals surface area contributed by atoms with Crippen molar-refractivity contribution in [3.63, 3.8) is 0 Å². The lowest BCUT2D eigenvalue weighted by Crippen LogP contribution is -2.44. The predicted molar refractivity (Wildman–Crippen MR) is 150 cm³/mol. The van der Waals surface area contributed by atoms with Gasteiger partial charge in [0.25, 0.3) is 5.91 Å². The van der Waals surface area contributed by atoms with Crippen LogP contribution in [-0.4, -0.2) is 48.4 Å². The summed E-state index contributed by atoms with van der Waals surface area (Å²) in [5.74, 6) is -0.567. The van der Waals surface area contributed by atoms with Gasteiger partial charge >= 0.3 is 0 Å². The van der Waals surface area contributed by atoms with E-state index in [0.717, 1.165) is 15.6 Å². The standard InChI is InChI=1S/C30H29BrN2O5/c1-21-8-13-27-26(16-21)29(35)24(20-38-27)18-33(17-22-6-4-3-5-7-22)28(34)19-32(14-15-37-2)30(36)23-9-11-25(31)12-10-23/h3-13,16,20H,14-15,17-19H2,1-2H3. The molecule has 8 heteroatoms. The number of methoxy groups -OCH3 is 1. The summed E-state index contributed by atoms with van der Waals surface area (Å²) < 4.78 is 11.8. The molecule has 1 heterocycles. The number of ether oxygens (including phenoxy) is 1. The number of nitrogens with zero attached hydrogens (tertiary/aromatic N) is 2. The summed E-state index contributed by atoms with van der Waals surface area (Å²) in [5, 5.41) is 0.474. The molecule has 2 amide bonds. The van der Waals surface area contributed by atoms with Gasteiger partial charge in [-0.1, -0.05) is 57.9 Å². The number of fused-ring (bicyclic) bond motifs is 1. The van der Waals surface area contributed by atoms with Crippen LogP contribution in [0.4, 0.5) is 0 Å². The molecule has 0 unspecified atom stereocenters. The van der Waals surface area contributed by atoms with E-state index in [1.165, 1.54) is 11.2 Å². The predicted octanol–water partition coefficient (Wildman–Crippen LogP) is 5.18. The SMILES string of the molecule is COCCN(CC(=O)N(Cc1ccccc1)Cc1coc2ccc(C)cc2c1=O)C(=O)c1ccc(Br)cc1. The maximum absolute atomic E-state index is 13.7. The van der Waals surface area contributed by atoms with Crippen LogP contribution in [0, 0.1) is 6.92 Å². The summed E-state index contributed by atoms with van der Waals surface area (Å²) in [6.07, 6.45) is 1.42. The van der Waals surface area contributed by atoms with Crippen molar-refractivity contribution in [2.24, 2.45) is 0 Å². The first-order chi connectivity index (χ1) is 18.4. The molecule has 0 atom stereocenters. The lowest BCUT2D eigenvalue weighted by Gasteiger charge is -2.28. The zero-order valence-corrected chi connectivity index (χ0v) is 22.9. The van der Waals surface area contributed by atoms with E-state index in [9.17, 15) is 14.4 Å². The van der Waals surface area contributed by atoms with Crippen LogP contribution >= 0.6 is 15.9 Å². The molecule has 4 aromatic rings. The zero-order valence-electron chi connectivity index (χ0n) is 21.4. The lowest BCUT2D eigenvalue weighted by atomic mass is 10.1. The summed E-state index contributed by atoms with van der Waals surface area (Å²) >= 11 is 3.38. The fourth-order valence-corrected chi connectivity index (χ4v) is 4.39. The van der Waals surface area contributed by atoms with Gasteiger partial charge in [0.2, 0.25) is 5.91 Å². The first-order valence-corrected chi connectivity index (χ1v) is 13.0. The molecule has 0 fully saturated rings. The van der Waals surface area contributed by atoms with E-state index in [1.807, 2.05) is 43.3 Å². The Labute approximate surface area is 229 Å². The number of amides is 2. The van der Waals surface area contributed by atoms with Crippen molar-refractivity contribution in [1.82, 2.24) is 9.80 Å². The highest BCUT2D eigenvalue weighted by Crippen LogP contribution is 2.17. The third kappa shape index (κ3) is 6.76. The number of carbonyl (C=O) groups is 2. The molecule has 196 valence electrons. The highest BCUT2D eigenvalue weighted by molar-refractivity contribution is 9.10. The van der Waals surface area contributed by atoms with E-state index in [2.05, 4.69) is 15.9 Å². The van der Waals surface area contributed by atoms with Gasteiger partial charge < -0.3 is 19.0 Å². The minimum absolute atomic E-state index is 0.0462. The summed E-state index contributed by atoms with van der Waals surface area (Å²) in [6, 6.07) is 22.0. The molecule has 4 rings (SSSR count). The van der Waals surface area contributed by atoms with Crippen molar-refractivity contribution in [2.75, 3.05) is 26.8 Å². The molecule has 0 radical (unpaired) electrons. The average Bonchev–Trinajstić information content (AvgIpc) is 2.93. The normalized spacial score (nSPS) is 10.9. The Balaban J connectivity index is 1.63. The van der Waals surface area contributed by atoms with Crippen LogP contribution in [0.25, 0.3) is 11.0 Å². The maximum atomic E-state index is 13.7. The number of carbonyl (C=O) groups excluding carboxylic acids is 2. The first-order valence-electron chi connectivity index (χ1n) is 12.2. The molecular formula is C30H29BrN2O5. The zero-order chi connectivity index (χ0) is 27.1. The molecule has 38 heavy (non-hydrogen) atoms. The van der Waals surface area contributed by atoms with Crippen molar-refractivity contribution in [1.29, 1.82) is 0 Å². The van der Waals surface area contributed by atoms with Crippen LogP contribution in [-0.2, 0) is 22.6 Å². The van der Waals surface area contributed by atoms with Gasteiger partial charge in [-0.3, -0.25) is 14.4 Å². The number of hydrogen-bond acceptors (Lipinski definition) is 5. The van der Waals surface area contributed by atoms with Gasteiger partial charge in [0, 0.05) is 30.2 Å². The van der Waals surface area contributed by atoms with Gasteiger partial charge in [-0.25, -0.2) is 0 Å². The van der Waals surface area contributed by atoms with Crippen LogP contribution < -0.4 is 5.43 Å². The van der Waals surface area contributed by atoms with E-state index in [-0.39, 0.29) is 50.0 Å². The van der Waals surface area contributed by atoms with Crippen LogP contribution in [0.3, 0.4) is 0 Å². The van der Waals surface area contributed by atoms with Gasteiger partial charge in [-0.15, -0.1) is 0 Å². The molecule has 0 bridgehead atoms. The Kier molecular flexibility index (Phi) is 9.10. The fourth-order valence-electron chi connectivity index (χ4n) is 4.13. The van der Waals surface area contributed by atoms with Crippen LogP contribution in [0.15, 0.2) is 92.7 Å². The Morgan fingerprint density at radius 1 is 0.947 bits per heavy atom. The molecule has 7 nitrogen and oxygen atoms in total. The van der Waals surface area contributed by atoms with Crippen molar-refractivity contribution in [3.05, 3.63) is 116 Å². The average molecular weight is 577 g/mol. The third-order valence-corrected chi connectivity index (χ3v) is 6.73. The molecule has 3 aromatic carbocycles. The number of hydrogen-bond donors (Lipinski definition) is 0. The second kappa shape index (κ2) is 12.7. The molecule has 0 aliphatic rings.